The minimum atomic E-state index is -0.841. The number of fused-ring (bicyclic) bond motifs is 1. The van der Waals surface area contributed by atoms with E-state index in [4.69, 9.17) is 4.74 Å². The third-order valence-electron chi connectivity index (χ3n) is 4.50. The molecular formula is C21H23NO3S. The molecule has 0 aromatic heterocycles. The van der Waals surface area contributed by atoms with Gasteiger partial charge < -0.3 is 10.1 Å². The fraction of sp³-hybridized carbons (Fsp3) is 0.333. The Balaban J connectivity index is 1.61. The van der Waals surface area contributed by atoms with E-state index in [-0.39, 0.29) is 17.1 Å². The summed E-state index contributed by atoms with van der Waals surface area (Å²) in [5.74, 6) is -0.653. The first-order valence-corrected chi connectivity index (χ1v) is 9.57. The first kappa shape index (κ1) is 18.5. The number of carbonyl (C=O) groups is 2. The van der Waals surface area contributed by atoms with Crippen LogP contribution in [0.4, 0.5) is 5.69 Å². The summed E-state index contributed by atoms with van der Waals surface area (Å²) in [6, 6.07) is 12.0. The van der Waals surface area contributed by atoms with E-state index in [1.165, 1.54) is 11.8 Å². The van der Waals surface area contributed by atoms with Gasteiger partial charge in [-0.1, -0.05) is 35.9 Å². The number of amides is 1. The van der Waals surface area contributed by atoms with E-state index in [9.17, 15) is 9.59 Å². The molecule has 3 rings (SSSR count). The molecule has 0 saturated heterocycles. The van der Waals surface area contributed by atoms with Crippen LogP contribution in [0.25, 0.3) is 0 Å². The highest BCUT2D eigenvalue weighted by Crippen LogP contribution is 2.37. The van der Waals surface area contributed by atoms with Crippen LogP contribution in [0.15, 0.2) is 41.3 Å². The highest BCUT2D eigenvalue weighted by atomic mass is 32.2. The third-order valence-corrected chi connectivity index (χ3v) is 5.79. The van der Waals surface area contributed by atoms with Gasteiger partial charge in [-0.05, 0) is 56.9 Å². The Kier molecular flexibility index (Phi) is 5.37. The molecule has 0 aliphatic carbocycles. The average Bonchev–Trinajstić information content (AvgIpc) is 3.02. The molecule has 0 saturated carbocycles. The van der Waals surface area contributed by atoms with Crippen molar-refractivity contribution in [2.24, 2.45) is 0 Å². The maximum atomic E-state index is 12.5. The number of hydrogen-bond acceptors (Lipinski definition) is 4. The molecule has 1 amide bonds. The largest absolute Gasteiger partial charge is 0.452 e. The van der Waals surface area contributed by atoms with E-state index in [2.05, 4.69) is 5.32 Å². The predicted octanol–water partition coefficient (Wildman–Crippen LogP) is 4.20. The Hall–Kier alpha value is -2.27. The van der Waals surface area contributed by atoms with Gasteiger partial charge in [0, 0.05) is 10.6 Å². The first-order valence-electron chi connectivity index (χ1n) is 8.69. The number of nitrogens with one attached hydrogen (secondary N) is 1. The van der Waals surface area contributed by atoms with Gasteiger partial charge in [-0.25, -0.2) is 0 Å². The van der Waals surface area contributed by atoms with Crippen LogP contribution in [-0.2, 0) is 20.7 Å². The first-order chi connectivity index (χ1) is 12.3. The van der Waals surface area contributed by atoms with Crippen LogP contribution in [-0.4, -0.2) is 23.2 Å². The highest BCUT2D eigenvalue weighted by molar-refractivity contribution is 8.01. The fourth-order valence-corrected chi connectivity index (χ4v) is 4.40. The van der Waals surface area contributed by atoms with Crippen molar-refractivity contribution in [3.05, 3.63) is 58.7 Å². The molecule has 0 spiro atoms. The topological polar surface area (TPSA) is 55.4 Å². The number of rotatable bonds is 4. The summed E-state index contributed by atoms with van der Waals surface area (Å²) in [7, 11) is 0. The maximum absolute atomic E-state index is 12.5. The highest BCUT2D eigenvalue weighted by Gasteiger charge is 2.31. The maximum Gasteiger partial charge on any atom is 0.320 e. The van der Waals surface area contributed by atoms with Gasteiger partial charge in [-0.3, -0.25) is 9.59 Å². The van der Waals surface area contributed by atoms with E-state index in [0.29, 0.717) is 6.42 Å². The van der Waals surface area contributed by atoms with E-state index in [1.54, 1.807) is 6.92 Å². The molecule has 1 aliphatic heterocycles. The summed E-state index contributed by atoms with van der Waals surface area (Å²) in [6.07, 6.45) is -0.198. The Morgan fingerprint density at radius 1 is 1.15 bits per heavy atom. The van der Waals surface area contributed by atoms with Crippen LogP contribution in [0.2, 0.25) is 0 Å². The van der Waals surface area contributed by atoms with Gasteiger partial charge in [0.25, 0.3) is 5.91 Å². The quantitative estimate of drug-likeness (QED) is 0.821. The lowest BCUT2D eigenvalue weighted by atomic mass is 10.0. The molecule has 5 heteroatoms. The second-order valence-corrected chi connectivity index (χ2v) is 8.00. The van der Waals surface area contributed by atoms with Crippen molar-refractivity contribution in [1.82, 2.24) is 0 Å². The second-order valence-electron chi connectivity index (χ2n) is 6.76. The molecule has 2 unspecified atom stereocenters. The standard InChI is InChI=1S/C21H23NO3S/c1-12-9-13(2)19(14(3)10-12)22-20(23)15(4)25-21(24)18-11-16-7-5-6-8-17(16)26-18/h5-10,15,18H,11H2,1-4H3,(H,22,23). The molecule has 1 aliphatic rings. The van der Waals surface area contributed by atoms with E-state index in [1.807, 2.05) is 57.2 Å². The van der Waals surface area contributed by atoms with Crippen molar-refractivity contribution in [3.63, 3.8) is 0 Å². The van der Waals surface area contributed by atoms with Crippen molar-refractivity contribution in [1.29, 1.82) is 0 Å². The zero-order valence-corrected chi connectivity index (χ0v) is 16.3. The predicted molar refractivity (Wildman–Crippen MR) is 105 cm³/mol. The van der Waals surface area contributed by atoms with Crippen LogP contribution in [0, 0.1) is 20.8 Å². The average molecular weight is 369 g/mol. The number of benzene rings is 2. The smallest absolute Gasteiger partial charge is 0.320 e. The van der Waals surface area contributed by atoms with Gasteiger partial charge >= 0.3 is 5.97 Å². The van der Waals surface area contributed by atoms with Crippen LogP contribution in [0.3, 0.4) is 0 Å². The second kappa shape index (κ2) is 7.54. The lowest BCUT2D eigenvalue weighted by Crippen LogP contribution is -2.33. The molecule has 0 fully saturated rings. The van der Waals surface area contributed by atoms with Gasteiger partial charge in [0.15, 0.2) is 6.10 Å². The molecule has 136 valence electrons. The van der Waals surface area contributed by atoms with Crippen LogP contribution < -0.4 is 5.32 Å². The fourth-order valence-electron chi connectivity index (χ4n) is 3.22. The SMILES string of the molecule is Cc1cc(C)c(NC(=O)C(C)OC(=O)C2Cc3ccccc3S2)c(C)c1. The number of esters is 1. The normalized spacial score (nSPS) is 16.7. The zero-order chi connectivity index (χ0) is 18.8. The number of aryl methyl sites for hydroxylation is 3. The molecule has 4 nitrogen and oxygen atoms in total. The lowest BCUT2D eigenvalue weighted by Gasteiger charge is -2.18. The Labute approximate surface area is 158 Å². The third kappa shape index (κ3) is 3.93. The summed E-state index contributed by atoms with van der Waals surface area (Å²) in [5, 5.41) is 2.61. The Morgan fingerprint density at radius 2 is 1.81 bits per heavy atom. The molecule has 1 heterocycles. The number of hydrogen-bond donors (Lipinski definition) is 1. The minimum Gasteiger partial charge on any atom is -0.452 e. The van der Waals surface area contributed by atoms with Crippen molar-refractivity contribution >= 4 is 29.3 Å². The summed E-state index contributed by atoms with van der Waals surface area (Å²) in [6.45, 7) is 7.55. The number of anilines is 1. The van der Waals surface area contributed by atoms with Gasteiger partial charge in [-0.2, -0.15) is 0 Å². The number of carbonyl (C=O) groups excluding carboxylic acids is 2. The molecular weight excluding hydrogens is 346 g/mol. The van der Waals surface area contributed by atoms with Gasteiger partial charge in [0.1, 0.15) is 5.25 Å². The summed E-state index contributed by atoms with van der Waals surface area (Å²) in [4.78, 5) is 26.0. The van der Waals surface area contributed by atoms with Crippen LogP contribution >= 0.6 is 11.8 Å². The number of ether oxygens (including phenoxy) is 1. The summed E-state index contributed by atoms with van der Waals surface area (Å²) >= 11 is 1.50. The Bertz CT molecular complexity index is 814. The summed E-state index contributed by atoms with van der Waals surface area (Å²) in [5.41, 5.74) is 5.08. The Morgan fingerprint density at radius 3 is 2.46 bits per heavy atom. The van der Waals surface area contributed by atoms with E-state index >= 15 is 0 Å². The molecule has 0 radical (unpaired) electrons. The molecule has 0 bridgehead atoms. The van der Waals surface area contributed by atoms with Crippen molar-refractivity contribution in [2.75, 3.05) is 5.32 Å². The van der Waals surface area contributed by atoms with Crippen molar-refractivity contribution in [2.45, 2.75) is 50.4 Å². The van der Waals surface area contributed by atoms with E-state index in [0.717, 1.165) is 32.8 Å². The molecule has 2 aromatic rings. The van der Waals surface area contributed by atoms with Crippen LogP contribution in [0.1, 0.15) is 29.2 Å². The minimum absolute atomic E-state index is 0.287. The van der Waals surface area contributed by atoms with Gasteiger partial charge in [0.05, 0.1) is 0 Å². The van der Waals surface area contributed by atoms with Crippen molar-refractivity contribution in [3.8, 4) is 0 Å². The van der Waals surface area contributed by atoms with Crippen molar-refractivity contribution < 1.29 is 14.3 Å². The lowest BCUT2D eigenvalue weighted by molar-refractivity contribution is -0.152. The molecule has 1 N–H and O–H groups in total. The summed E-state index contributed by atoms with van der Waals surface area (Å²) < 4.78 is 5.43. The number of thioether (sulfide) groups is 1. The molecule has 2 aromatic carbocycles. The van der Waals surface area contributed by atoms with E-state index < -0.39 is 6.10 Å². The molecule has 26 heavy (non-hydrogen) atoms. The monoisotopic (exact) mass is 369 g/mol. The molecule has 2 atom stereocenters. The van der Waals surface area contributed by atoms with Crippen LogP contribution in [0.5, 0.6) is 0 Å². The van der Waals surface area contributed by atoms with Gasteiger partial charge in [-0.15, -0.1) is 11.8 Å². The zero-order valence-electron chi connectivity index (χ0n) is 15.5. The van der Waals surface area contributed by atoms with Gasteiger partial charge in [0.2, 0.25) is 0 Å².